The molecular weight excluding hydrogens is 408 g/mol. The number of hydrogen-bond acceptors (Lipinski definition) is 3. The number of benzene rings is 3. The summed E-state index contributed by atoms with van der Waals surface area (Å²) in [4.78, 5) is 15.2. The summed E-state index contributed by atoms with van der Waals surface area (Å²) in [6.45, 7) is 3.73. The number of nitrogens with one attached hydrogen (secondary N) is 1. The largest absolute Gasteiger partial charge is 0.378 e. The molecule has 6 rings (SSSR count). The molecule has 0 aliphatic carbocycles. The maximum absolute atomic E-state index is 13.3. The Labute approximate surface area is 195 Å². The van der Waals surface area contributed by atoms with E-state index >= 15 is 0 Å². The van der Waals surface area contributed by atoms with Crippen LogP contribution in [0.15, 0.2) is 66.7 Å². The molecule has 0 spiro atoms. The van der Waals surface area contributed by atoms with E-state index in [1.165, 1.54) is 22.3 Å². The van der Waals surface area contributed by atoms with Gasteiger partial charge in [0.05, 0.1) is 18.6 Å². The second-order valence-corrected chi connectivity index (χ2v) is 9.66. The Kier molecular flexibility index (Phi) is 5.18. The first kappa shape index (κ1) is 20.5. The number of aryl methyl sites for hydroxylation is 2. The van der Waals surface area contributed by atoms with Gasteiger partial charge in [-0.25, -0.2) is 0 Å². The summed E-state index contributed by atoms with van der Waals surface area (Å²) in [5.41, 5.74) is 8.35. The molecule has 3 aromatic rings. The average Bonchev–Trinajstić information content (AvgIpc) is 3.33. The number of para-hydroxylation sites is 1. The summed E-state index contributed by atoms with van der Waals surface area (Å²) in [5.74, 6) is 0.576. The highest BCUT2D eigenvalue weighted by Crippen LogP contribution is 2.50. The van der Waals surface area contributed by atoms with Crippen LogP contribution >= 0.6 is 0 Å². The summed E-state index contributed by atoms with van der Waals surface area (Å²) in [5, 5.41) is 3.79. The number of fused-ring (bicyclic) bond motifs is 4. The van der Waals surface area contributed by atoms with Crippen molar-refractivity contribution in [2.75, 3.05) is 23.4 Å². The highest BCUT2D eigenvalue weighted by atomic mass is 16.5. The summed E-state index contributed by atoms with van der Waals surface area (Å²) in [7, 11) is 0. The summed E-state index contributed by atoms with van der Waals surface area (Å²) in [6.07, 6.45) is 3.61. The van der Waals surface area contributed by atoms with E-state index in [1.54, 1.807) is 0 Å². The number of amides is 1. The van der Waals surface area contributed by atoms with Crippen molar-refractivity contribution < 1.29 is 9.53 Å². The van der Waals surface area contributed by atoms with Gasteiger partial charge in [-0.1, -0.05) is 60.2 Å². The monoisotopic (exact) mass is 438 g/mol. The summed E-state index contributed by atoms with van der Waals surface area (Å²) in [6, 6.07) is 23.8. The lowest BCUT2D eigenvalue weighted by molar-refractivity contribution is -0.118. The van der Waals surface area contributed by atoms with E-state index < -0.39 is 0 Å². The second kappa shape index (κ2) is 8.35. The van der Waals surface area contributed by atoms with Gasteiger partial charge in [0.1, 0.15) is 0 Å². The molecule has 0 radical (unpaired) electrons. The Balaban J connectivity index is 1.27. The summed E-state index contributed by atoms with van der Waals surface area (Å²) >= 11 is 0. The Bertz CT molecular complexity index is 1200. The van der Waals surface area contributed by atoms with Crippen LogP contribution in [0.4, 0.5) is 11.4 Å². The van der Waals surface area contributed by atoms with Crippen molar-refractivity contribution in [3.8, 4) is 0 Å². The van der Waals surface area contributed by atoms with Gasteiger partial charge in [-0.3, -0.25) is 4.79 Å². The maximum atomic E-state index is 13.3. The SMILES string of the molecule is Cc1cccc([C@H]2Nc3ccc(CC(=O)N4CCCc5ccccc54)cc3[C@@H]3OCC[C@H]23)c1. The van der Waals surface area contributed by atoms with Gasteiger partial charge in [-0.15, -0.1) is 0 Å². The Hall–Kier alpha value is -3.11. The lowest BCUT2D eigenvalue weighted by Crippen LogP contribution is -2.36. The first-order valence-electron chi connectivity index (χ1n) is 12.1. The summed E-state index contributed by atoms with van der Waals surface area (Å²) < 4.78 is 6.25. The predicted molar refractivity (Wildman–Crippen MR) is 132 cm³/mol. The zero-order valence-corrected chi connectivity index (χ0v) is 19.1. The molecule has 0 saturated carbocycles. The van der Waals surface area contributed by atoms with Crippen LogP contribution in [0.1, 0.15) is 52.8 Å². The molecule has 3 heterocycles. The number of carbonyl (C=O) groups is 1. The van der Waals surface area contributed by atoms with Gasteiger partial charge in [0.25, 0.3) is 0 Å². The van der Waals surface area contributed by atoms with E-state index in [9.17, 15) is 4.79 Å². The second-order valence-electron chi connectivity index (χ2n) is 9.66. The fraction of sp³-hybridized carbons (Fsp3) is 0.345. The van der Waals surface area contributed by atoms with Gasteiger partial charge in [0.2, 0.25) is 5.91 Å². The fourth-order valence-corrected chi connectivity index (χ4v) is 5.89. The van der Waals surface area contributed by atoms with Crippen LogP contribution in [0.5, 0.6) is 0 Å². The van der Waals surface area contributed by atoms with E-state index in [-0.39, 0.29) is 18.1 Å². The molecule has 3 aromatic carbocycles. The molecule has 1 N–H and O–H groups in total. The van der Waals surface area contributed by atoms with Gasteiger partial charge < -0.3 is 15.0 Å². The van der Waals surface area contributed by atoms with E-state index in [0.717, 1.165) is 49.4 Å². The van der Waals surface area contributed by atoms with Crippen molar-refractivity contribution in [1.82, 2.24) is 0 Å². The van der Waals surface area contributed by atoms with Crippen molar-refractivity contribution in [1.29, 1.82) is 0 Å². The van der Waals surface area contributed by atoms with Crippen molar-refractivity contribution >= 4 is 17.3 Å². The molecule has 3 atom stereocenters. The zero-order chi connectivity index (χ0) is 22.4. The van der Waals surface area contributed by atoms with Crippen LogP contribution in [0.2, 0.25) is 0 Å². The third-order valence-electron chi connectivity index (χ3n) is 7.47. The van der Waals surface area contributed by atoms with Crippen LogP contribution in [0, 0.1) is 12.8 Å². The third kappa shape index (κ3) is 3.72. The van der Waals surface area contributed by atoms with Gasteiger partial charge >= 0.3 is 0 Å². The number of rotatable bonds is 3. The van der Waals surface area contributed by atoms with Gasteiger partial charge in [0, 0.05) is 36.0 Å². The highest BCUT2D eigenvalue weighted by molar-refractivity contribution is 5.96. The molecule has 4 nitrogen and oxygen atoms in total. The minimum absolute atomic E-state index is 0.0810. The van der Waals surface area contributed by atoms with Gasteiger partial charge in [0.15, 0.2) is 0 Å². The third-order valence-corrected chi connectivity index (χ3v) is 7.47. The molecular formula is C29H30N2O2. The van der Waals surface area contributed by atoms with Crippen molar-refractivity contribution in [3.05, 3.63) is 94.5 Å². The zero-order valence-electron chi connectivity index (χ0n) is 19.1. The Morgan fingerprint density at radius 1 is 1.09 bits per heavy atom. The van der Waals surface area contributed by atoms with Gasteiger partial charge in [-0.2, -0.15) is 0 Å². The molecule has 168 valence electrons. The molecule has 3 aliphatic heterocycles. The van der Waals surface area contributed by atoms with E-state index in [2.05, 4.69) is 72.9 Å². The molecule has 0 aromatic heterocycles. The molecule has 1 fully saturated rings. The number of anilines is 2. The first-order valence-corrected chi connectivity index (χ1v) is 12.1. The molecule has 4 heteroatoms. The smallest absolute Gasteiger partial charge is 0.231 e. The van der Waals surface area contributed by atoms with Gasteiger partial charge in [-0.05, 0) is 55.0 Å². The number of hydrogen-bond donors (Lipinski definition) is 1. The highest BCUT2D eigenvalue weighted by Gasteiger charge is 2.41. The van der Waals surface area contributed by atoms with Crippen LogP contribution in [0.25, 0.3) is 0 Å². The van der Waals surface area contributed by atoms with Crippen LogP contribution < -0.4 is 10.2 Å². The van der Waals surface area contributed by atoms with Crippen LogP contribution in [-0.2, 0) is 22.4 Å². The molecule has 0 unspecified atom stereocenters. The molecule has 3 aliphatic rings. The molecule has 1 saturated heterocycles. The van der Waals surface area contributed by atoms with E-state index in [4.69, 9.17) is 4.74 Å². The number of carbonyl (C=O) groups excluding carboxylic acids is 1. The minimum atomic E-state index is 0.0810. The maximum Gasteiger partial charge on any atom is 0.231 e. The number of nitrogens with zero attached hydrogens (tertiary/aromatic N) is 1. The lowest BCUT2D eigenvalue weighted by atomic mass is 9.80. The minimum Gasteiger partial charge on any atom is -0.378 e. The first-order chi connectivity index (χ1) is 16.2. The Morgan fingerprint density at radius 2 is 2.00 bits per heavy atom. The van der Waals surface area contributed by atoms with Crippen molar-refractivity contribution in [2.45, 2.75) is 44.8 Å². The van der Waals surface area contributed by atoms with Crippen LogP contribution in [0.3, 0.4) is 0 Å². The van der Waals surface area contributed by atoms with Crippen molar-refractivity contribution in [2.24, 2.45) is 5.92 Å². The normalized spacial score (nSPS) is 23.3. The number of ether oxygens (including phenoxy) is 1. The standard InChI is InChI=1S/C29H30N2O2/c1-19-6-4-8-22(16-19)28-23-13-15-33-29(23)24-17-20(11-12-25(24)30-28)18-27(32)31-14-5-9-21-7-2-3-10-26(21)31/h2-4,6-8,10-12,16-17,23,28-30H,5,9,13-15,18H2,1H3/t23-,28-,29-/m1/s1. The topological polar surface area (TPSA) is 41.6 Å². The van der Waals surface area contributed by atoms with Crippen LogP contribution in [-0.4, -0.2) is 19.1 Å². The molecule has 33 heavy (non-hydrogen) atoms. The molecule has 1 amide bonds. The van der Waals surface area contributed by atoms with E-state index in [0.29, 0.717) is 12.3 Å². The van der Waals surface area contributed by atoms with Crippen molar-refractivity contribution in [3.63, 3.8) is 0 Å². The molecule has 0 bridgehead atoms. The lowest BCUT2D eigenvalue weighted by Gasteiger charge is -2.37. The quantitative estimate of drug-likeness (QED) is 0.565. The fourth-order valence-electron chi connectivity index (χ4n) is 5.89. The van der Waals surface area contributed by atoms with E-state index in [1.807, 2.05) is 11.0 Å². The Morgan fingerprint density at radius 3 is 2.91 bits per heavy atom. The average molecular weight is 439 g/mol. The predicted octanol–water partition coefficient (Wildman–Crippen LogP) is 5.76.